The molecule has 90 valence electrons. The average Bonchev–Trinajstić information content (AvgIpc) is 2.57. The van der Waals surface area contributed by atoms with Crippen LogP contribution in [0.15, 0.2) is 12.1 Å². The van der Waals surface area contributed by atoms with E-state index in [4.69, 9.17) is 16.7 Å². The Morgan fingerprint density at radius 1 is 1.47 bits per heavy atom. The molecule has 0 spiro atoms. The topological polar surface area (TPSA) is 66.4 Å². The number of carbonyl (C=O) groups is 2. The van der Waals surface area contributed by atoms with Crippen molar-refractivity contribution < 1.29 is 14.7 Å². The molecule has 1 aliphatic heterocycles. The van der Waals surface area contributed by atoms with E-state index in [2.05, 4.69) is 5.32 Å². The Balaban J connectivity index is 2.11. The first-order chi connectivity index (χ1) is 8.06. The molecule has 0 atom stereocenters. The van der Waals surface area contributed by atoms with E-state index in [9.17, 15) is 9.59 Å². The number of halogens is 1. The molecule has 0 fully saturated rings. The number of rotatable bonds is 4. The van der Waals surface area contributed by atoms with Crippen molar-refractivity contribution in [3.8, 4) is 0 Å². The molecule has 0 radical (unpaired) electrons. The number of aliphatic carboxylic acids is 1. The largest absolute Gasteiger partial charge is 0.481 e. The van der Waals surface area contributed by atoms with Crippen LogP contribution in [0, 0.1) is 0 Å². The molecule has 1 amide bonds. The minimum absolute atomic E-state index is 0.0289. The van der Waals surface area contributed by atoms with Gasteiger partial charge in [-0.15, -0.1) is 0 Å². The summed E-state index contributed by atoms with van der Waals surface area (Å²) in [5.74, 6) is -0.835. The highest BCUT2D eigenvalue weighted by Gasteiger charge is 2.19. The van der Waals surface area contributed by atoms with Crippen molar-refractivity contribution in [1.82, 2.24) is 0 Å². The lowest BCUT2D eigenvalue weighted by atomic mass is 10.0. The molecule has 2 rings (SSSR count). The molecule has 1 aromatic carbocycles. The number of carboxylic acid groups (broad SMARTS) is 1. The Labute approximate surface area is 104 Å². The van der Waals surface area contributed by atoms with Crippen LogP contribution in [-0.4, -0.2) is 17.0 Å². The van der Waals surface area contributed by atoms with Gasteiger partial charge in [-0.2, -0.15) is 0 Å². The molecule has 4 nitrogen and oxygen atoms in total. The second-order valence-corrected chi connectivity index (χ2v) is 4.48. The lowest BCUT2D eigenvalue weighted by Gasteiger charge is -2.06. The molecule has 0 aliphatic carbocycles. The molecule has 0 saturated heterocycles. The third kappa shape index (κ3) is 2.77. The summed E-state index contributed by atoms with van der Waals surface area (Å²) >= 11 is 6.07. The van der Waals surface area contributed by atoms with E-state index in [1.165, 1.54) is 0 Å². The summed E-state index contributed by atoms with van der Waals surface area (Å²) in [6, 6.07) is 3.62. The van der Waals surface area contributed by atoms with Crippen molar-refractivity contribution >= 4 is 29.2 Å². The number of anilines is 1. The van der Waals surface area contributed by atoms with Gasteiger partial charge in [0.1, 0.15) is 0 Å². The van der Waals surface area contributed by atoms with E-state index < -0.39 is 5.97 Å². The van der Waals surface area contributed by atoms with E-state index in [1.54, 1.807) is 6.07 Å². The molecule has 2 N–H and O–H groups in total. The van der Waals surface area contributed by atoms with Gasteiger partial charge < -0.3 is 10.4 Å². The Morgan fingerprint density at radius 2 is 2.24 bits per heavy atom. The zero-order chi connectivity index (χ0) is 12.4. The number of hydrogen-bond donors (Lipinski definition) is 2. The first-order valence-corrected chi connectivity index (χ1v) is 5.77. The summed E-state index contributed by atoms with van der Waals surface area (Å²) < 4.78 is 0. The molecule has 0 aromatic heterocycles. The van der Waals surface area contributed by atoms with Gasteiger partial charge in [-0.1, -0.05) is 17.7 Å². The molecule has 0 saturated carbocycles. The number of carbonyl (C=O) groups excluding carboxylic acids is 1. The van der Waals surface area contributed by atoms with Gasteiger partial charge in [-0.3, -0.25) is 9.59 Å². The normalized spacial score (nSPS) is 13.4. The standard InChI is InChI=1S/C12H12ClNO3/c13-9-6-10-8(5-11(15)14-10)4-7(9)2-1-3-12(16)17/h4,6H,1-3,5H2,(H,14,15)(H,16,17). The van der Waals surface area contributed by atoms with Crippen molar-refractivity contribution in [2.24, 2.45) is 0 Å². The van der Waals surface area contributed by atoms with Crippen LogP contribution in [0.5, 0.6) is 0 Å². The minimum atomic E-state index is -0.806. The quantitative estimate of drug-likeness (QED) is 0.865. The summed E-state index contributed by atoms with van der Waals surface area (Å²) in [5.41, 5.74) is 2.61. The molecule has 17 heavy (non-hydrogen) atoms. The Hall–Kier alpha value is -1.55. The number of hydrogen-bond acceptors (Lipinski definition) is 2. The number of carboxylic acids is 1. The van der Waals surface area contributed by atoms with Gasteiger partial charge in [0.05, 0.1) is 6.42 Å². The molecular formula is C12H12ClNO3. The lowest BCUT2D eigenvalue weighted by Crippen LogP contribution is -2.03. The summed E-state index contributed by atoms with van der Waals surface area (Å²) in [4.78, 5) is 21.6. The first-order valence-electron chi connectivity index (χ1n) is 5.39. The summed E-state index contributed by atoms with van der Waals surface area (Å²) in [6.45, 7) is 0. The third-order valence-electron chi connectivity index (χ3n) is 2.73. The molecule has 0 unspecified atom stereocenters. The van der Waals surface area contributed by atoms with Crippen molar-refractivity contribution in [1.29, 1.82) is 0 Å². The first kappa shape index (κ1) is 11.9. The van der Waals surface area contributed by atoms with Gasteiger partial charge in [0.25, 0.3) is 0 Å². The van der Waals surface area contributed by atoms with Crippen LogP contribution in [0.25, 0.3) is 0 Å². The predicted octanol–water partition coefficient (Wildman–Crippen LogP) is 2.24. The van der Waals surface area contributed by atoms with E-state index in [0.717, 1.165) is 16.8 Å². The highest BCUT2D eigenvalue weighted by Crippen LogP contribution is 2.30. The molecular weight excluding hydrogens is 242 g/mol. The molecule has 1 aliphatic rings. The monoisotopic (exact) mass is 253 g/mol. The molecule has 1 heterocycles. The highest BCUT2D eigenvalue weighted by atomic mass is 35.5. The van der Waals surface area contributed by atoms with Crippen LogP contribution in [0.3, 0.4) is 0 Å². The molecule has 5 heteroatoms. The number of aryl methyl sites for hydroxylation is 1. The van der Waals surface area contributed by atoms with Gasteiger partial charge in [-0.25, -0.2) is 0 Å². The SMILES string of the molecule is O=C(O)CCCc1cc2c(cc1Cl)NC(=O)C2. The fourth-order valence-electron chi connectivity index (χ4n) is 1.92. The van der Waals surface area contributed by atoms with Gasteiger partial charge in [0.15, 0.2) is 0 Å². The van der Waals surface area contributed by atoms with E-state index in [0.29, 0.717) is 24.3 Å². The van der Waals surface area contributed by atoms with Crippen molar-refractivity contribution in [2.75, 3.05) is 5.32 Å². The fourth-order valence-corrected chi connectivity index (χ4v) is 2.18. The summed E-state index contributed by atoms with van der Waals surface area (Å²) in [7, 11) is 0. The highest BCUT2D eigenvalue weighted by molar-refractivity contribution is 6.31. The van der Waals surface area contributed by atoms with Crippen molar-refractivity contribution in [3.63, 3.8) is 0 Å². The lowest BCUT2D eigenvalue weighted by molar-refractivity contribution is -0.137. The smallest absolute Gasteiger partial charge is 0.303 e. The van der Waals surface area contributed by atoms with Crippen LogP contribution in [0.2, 0.25) is 5.02 Å². The second-order valence-electron chi connectivity index (χ2n) is 4.07. The number of fused-ring (bicyclic) bond motifs is 1. The number of benzene rings is 1. The van der Waals surface area contributed by atoms with Crippen molar-refractivity contribution in [3.05, 3.63) is 28.3 Å². The Bertz CT molecular complexity index is 485. The maximum absolute atomic E-state index is 11.2. The average molecular weight is 254 g/mol. The van der Waals surface area contributed by atoms with Crippen LogP contribution in [0.1, 0.15) is 24.0 Å². The van der Waals surface area contributed by atoms with Gasteiger partial charge in [0, 0.05) is 17.1 Å². The molecule has 0 bridgehead atoms. The van der Waals surface area contributed by atoms with E-state index >= 15 is 0 Å². The number of nitrogens with one attached hydrogen (secondary N) is 1. The molecule has 1 aromatic rings. The van der Waals surface area contributed by atoms with Crippen LogP contribution in [-0.2, 0) is 22.4 Å². The van der Waals surface area contributed by atoms with Crippen LogP contribution >= 0.6 is 11.6 Å². The minimum Gasteiger partial charge on any atom is -0.481 e. The van der Waals surface area contributed by atoms with Crippen molar-refractivity contribution in [2.45, 2.75) is 25.7 Å². The van der Waals surface area contributed by atoms with Gasteiger partial charge in [0.2, 0.25) is 5.91 Å². The summed E-state index contributed by atoms with van der Waals surface area (Å²) in [6.07, 6.45) is 1.67. The summed E-state index contributed by atoms with van der Waals surface area (Å²) in [5, 5.41) is 11.9. The van der Waals surface area contributed by atoms with Gasteiger partial charge >= 0.3 is 5.97 Å². The van der Waals surface area contributed by atoms with E-state index in [-0.39, 0.29) is 12.3 Å². The zero-order valence-corrected chi connectivity index (χ0v) is 9.88. The predicted molar refractivity (Wildman–Crippen MR) is 64.4 cm³/mol. The van der Waals surface area contributed by atoms with E-state index in [1.807, 2.05) is 6.07 Å². The van der Waals surface area contributed by atoms with Crippen LogP contribution < -0.4 is 5.32 Å². The Kier molecular flexibility index (Phi) is 3.33. The Morgan fingerprint density at radius 3 is 2.94 bits per heavy atom. The number of amides is 1. The second kappa shape index (κ2) is 4.75. The van der Waals surface area contributed by atoms with Gasteiger partial charge in [-0.05, 0) is 30.0 Å². The van der Waals surface area contributed by atoms with Crippen LogP contribution in [0.4, 0.5) is 5.69 Å². The maximum atomic E-state index is 11.2. The fraction of sp³-hybridized carbons (Fsp3) is 0.333. The third-order valence-corrected chi connectivity index (χ3v) is 3.09. The zero-order valence-electron chi connectivity index (χ0n) is 9.12. The maximum Gasteiger partial charge on any atom is 0.303 e.